The van der Waals surface area contributed by atoms with Crippen LogP contribution in [0, 0.1) is 0 Å². The summed E-state index contributed by atoms with van der Waals surface area (Å²) in [6.45, 7) is 6.10. The minimum Gasteiger partial charge on any atom is -0.432 e. The second kappa shape index (κ2) is 9.16. The van der Waals surface area contributed by atoms with Gasteiger partial charge in [0.2, 0.25) is 0 Å². The molecule has 0 aromatic carbocycles. The van der Waals surface area contributed by atoms with Crippen LogP contribution in [0.4, 0.5) is 9.59 Å². The van der Waals surface area contributed by atoms with Crippen LogP contribution in [0.3, 0.4) is 0 Å². The highest BCUT2D eigenvalue weighted by Crippen LogP contribution is 2.35. The highest BCUT2D eigenvalue weighted by atomic mass is 16.8. The van der Waals surface area contributed by atoms with Crippen molar-refractivity contribution in [2.45, 2.75) is 57.2 Å². The van der Waals surface area contributed by atoms with Gasteiger partial charge in [0, 0.05) is 45.1 Å². The molecule has 1 N–H and O–H groups in total. The Morgan fingerprint density at radius 3 is 2.17 bits per heavy atom. The summed E-state index contributed by atoms with van der Waals surface area (Å²) in [6.07, 6.45) is 5.44. The number of hydroxylamine groups is 3. The summed E-state index contributed by atoms with van der Waals surface area (Å²) >= 11 is 0. The van der Waals surface area contributed by atoms with E-state index in [1.54, 1.807) is 4.90 Å². The zero-order valence-electron chi connectivity index (χ0n) is 17.3. The lowest BCUT2D eigenvalue weighted by Crippen LogP contribution is -2.70. The lowest BCUT2D eigenvalue weighted by Gasteiger charge is -2.47. The second-order valence-corrected chi connectivity index (χ2v) is 8.76. The van der Waals surface area contributed by atoms with Crippen molar-refractivity contribution in [1.82, 2.24) is 14.7 Å². The van der Waals surface area contributed by atoms with Crippen molar-refractivity contribution >= 4 is 12.2 Å². The van der Waals surface area contributed by atoms with E-state index in [2.05, 4.69) is 9.80 Å². The van der Waals surface area contributed by atoms with Gasteiger partial charge in [0.15, 0.2) is 6.17 Å². The van der Waals surface area contributed by atoms with E-state index < -0.39 is 16.8 Å². The number of carboxylic acid groups (broad SMARTS) is 1. The maximum atomic E-state index is 12.9. The standard InChI is InChI=1S/C20H34N4O5/c25-19(23-11-14-28-15-12-23)29-24(20(26)27)13-6-17(21-7-2-1-3-8-21)16-18(24)22-9-4-5-10-22/h17-18H,1-16H2/p+1. The molecule has 4 saturated heterocycles. The summed E-state index contributed by atoms with van der Waals surface area (Å²) in [5.41, 5.74) is 0. The average molecular weight is 412 g/mol. The van der Waals surface area contributed by atoms with E-state index in [-0.39, 0.29) is 6.17 Å². The molecule has 9 nitrogen and oxygen atoms in total. The minimum atomic E-state index is -1.05. The molecule has 4 aliphatic heterocycles. The van der Waals surface area contributed by atoms with Gasteiger partial charge in [0.1, 0.15) is 6.54 Å². The van der Waals surface area contributed by atoms with Crippen LogP contribution in [0.15, 0.2) is 0 Å². The van der Waals surface area contributed by atoms with Gasteiger partial charge in [0.05, 0.1) is 13.2 Å². The number of carbonyl (C=O) groups is 2. The van der Waals surface area contributed by atoms with Crippen molar-refractivity contribution in [3.05, 3.63) is 0 Å². The SMILES string of the molecule is O=C(O[N+]1(C(=O)O)CCC(N2CCCCC2)CC1N1CCCC1)N1CCOCC1. The molecule has 4 heterocycles. The van der Waals surface area contributed by atoms with Gasteiger partial charge in [-0.15, -0.1) is 0 Å². The Labute approximate surface area is 172 Å². The van der Waals surface area contributed by atoms with Crippen LogP contribution in [0.5, 0.6) is 0 Å². The molecule has 4 rings (SSSR count). The van der Waals surface area contributed by atoms with Gasteiger partial charge in [-0.3, -0.25) is 14.7 Å². The van der Waals surface area contributed by atoms with Crippen molar-refractivity contribution in [3.8, 4) is 0 Å². The Kier molecular flexibility index (Phi) is 6.58. The van der Waals surface area contributed by atoms with Crippen molar-refractivity contribution in [3.63, 3.8) is 0 Å². The molecule has 29 heavy (non-hydrogen) atoms. The van der Waals surface area contributed by atoms with E-state index in [1.807, 2.05) is 0 Å². The van der Waals surface area contributed by atoms with E-state index in [0.717, 1.165) is 51.9 Å². The minimum absolute atomic E-state index is 0.319. The molecule has 0 bridgehead atoms. The zero-order valence-corrected chi connectivity index (χ0v) is 17.3. The van der Waals surface area contributed by atoms with Crippen molar-refractivity contribution < 1.29 is 28.9 Å². The molecule has 3 atom stereocenters. The highest BCUT2D eigenvalue weighted by molar-refractivity contribution is 5.68. The summed E-state index contributed by atoms with van der Waals surface area (Å²) in [7, 11) is 0. The number of ether oxygens (including phenoxy) is 1. The van der Waals surface area contributed by atoms with Gasteiger partial charge in [-0.25, -0.2) is 9.63 Å². The average Bonchev–Trinajstić information content (AvgIpc) is 3.29. The van der Waals surface area contributed by atoms with Gasteiger partial charge >= 0.3 is 12.2 Å². The normalized spacial score (nSPS) is 34.8. The molecule has 2 amide bonds. The first kappa shape index (κ1) is 20.8. The van der Waals surface area contributed by atoms with E-state index in [0.29, 0.717) is 38.9 Å². The maximum Gasteiger partial charge on any atom is 0.558 e. The summed E-state index contributed by atoms with van der Waals surface area (Å²) < 4.78 is 4.70. The number of carbonyl (C=O) groups excluding carboxylic acids is 1. The lowest BCUT2D eigenvalue weighted by atomic mass is 9.96. The predicted molar refractivity (Wildman–Crippen MR) is 105 cm³/mol. The van der Waals surface area contributed by atoms with Crippen LogP contribution >= 0.6 is 0 Å². The van der Waals surface area contributed by atoms with E-state index >= 15 is 0 Å². The number of likely N-dealkylation sites (tertiary alicyclic amines) is 3. The Morgan fingerprint density at radius 1 is 0.897 bits per heavy atom. The van der Waals surface area contributed by atoms with Crippen LogP contribution in [0.25, 0.3) is 0 Å². The van der Waals surface area contributed by atoms with Crippen molar-refractivity contribution in [2.75, 3.05) is 59.0 Å². The van der Waals surface area contributed by atoms with Crippen LogP contribution < -0.4 is 0 Å². The zero-order chi connectivity index (χ0) is 20.3. The van der Waals surface area contributed by atoms with Gasteiger partial charge in [-0.2, -0.15) is 4.79 Å². The first-order valence-corrected chi connectivity index (χ1v) is 11.3. The summed E-state index contributed by atoms with van der Waals surface area (Å²) in [4.78, 5) is 37.6. The molecule has 0 aromatic heterocycles. The molecule has 0 aliphatic carbocycles. The molecule has 4 aliphatic rings. The molecule has 0 aromatic rings. The number of piperidine rings is 2. The van der Waals surface area contributed by atoms with Gasteiger partial charge in [-0.05, 0) is 43.4 Å². The van der Waals surface area contributed by atoms with E-state index in [9.17, 15) is 14.7 Å². The number of rotatable bonds is 2. The summed E-state index contributed by atoms with van der Waals surface area (Å²) in [5.74, 6) is 0. The third-order valence-electron chi connectivity index (χ3n) is 7.06. The Morgan fingerprint density at radius 2 is 1.52 bits per heavy atom. The first-order valence-electron chi connectivity index (χ1n) is 11.3. The maximum absolute atomic E-state index is 12.9. The highest BCUT2D eigenvalue weighted by Gasteiger charge is 2.57. The molecule has 164 valence electrons. The molecular weight excluding hydrogens is 376 g/mol. The van der Waals surface area contributed by atoms with Crippen LogP contribution in [-0.2, 0) is 9.57 Å². The Hall–Kier alpha value is -1.42. The molecular formula is C20H35N4O5+. The van der Waals surface area contributed by atoms with Gasteiger partial charge in [0.25, 0.3) is 0 Å². The molecule has 0 radical (unpaired) electrons. The topological polar surface area (TPSA) is 82.5 Å². The van der Waals surface area contributed by atoms with E-state index in [1.165, 1.54) is 19.3 Å². The van der Waals surface area contributed by atoms with Crippen LogP contribution in [0.2, 0.25) is 0 Å². The fourth-order valence-corrected chi connectivity index (χ4v) is 5.40. The number of nitrogens with zero attached hydrogens (tertiary/aromatic N) is 4. The quantitative estimate of drug-likeness (QED) is 0.695. The third kappa shape index (κ3) is 4.38. The number of quaternary nitrogens is 1. The largest absolute Gasteiger partial charge is 0.558 e. The monoisotopic (exact) mass is 411 g/mol. The fourth-order valence-electron chi connectivity index (χ4n) is 5.40. The molecule has 0 spiro atoms. The number of hydrogen-bond acceptors (Lipinski definition) is 6. The Balaban J connectivity index is 1.54. The predicted octanol–water partition coefficient (Wildman–Crippen LogP) is 1.94. The van der Waals surface area contributed by atoms with Crippen LogP contribution in [-0.4, -0.2) is 108 Å². The van der Waals surface area contributed by atoms with Crippen molar-refractivity contribution in [1.29, 1.82) is 0 Å². The van der Waals surface area contributed by atoms with E-state index in [4.69, 9.17) is 9.57 Å². The fraction of sp³-hybridized carbons (Fsp3) is 0.900. The smallest absolute Gasteiger partial charge is 0.432 e. The number of amides is 2. The van der Waals surface area contributed by atoms with Crippen LogP contribution in [0.1, 0.15) is 44.9 Å². The Bertz CT molecular complexity index is 587. The lowest BCUT2D eigenvalue weighted by molar-refractivity contribution is -1.06. The summed E-state index contributed by atoms with van der Waals surface area (Å²) in [6, 6.07) is 0.369. The van der Waals surface area contributed by atoms with Crippen molar-refractivity contribution in [2.24, 2.45) is 0 Å². The first-order chi connectivity index (χ1) is 14.1. The summed E-state index contributed by atoms with van der Waals surface area (Å²) in [5, 5.41) is 10.3. The molecule has 9 heteroatoms. The number of hydrogen-bond donors (Lipinski definition) is 1. The number of morpholine rings is 1. The van der Waals surface area contributed by atoms with Gasteiger partial charge < -0.3 is 9.84 Å². The molecule has 0 saturated carbocycles. The second-order valence-electron chi connectivity index (χ2n) is 8.76. The molecule has 3 unspecified atom stereocenters. The third-order valence-corrected chi connectivity index (χ3v) is 7.06. The van der Waals surface area contributed by atoms with Gasteiger partial charge in [-0.1, -0.05) is 6.42 Å². The molecule has 4 fully saturated rings.